The molecule has 0 aliphatic carbocycles. The van der Waals surface area contributed by atoms with Gasteiger partial charge in [0.1, 0.15) is 11.9 Å². The van der Waals surface area contributed by atoms with Crippen molar-refractivity contribution in [1.29, 1.82) is 0 Å². The highest BCUT2D eigenvalue weighted by Gasteiger charge is 2.28. The fourth-order valence-electron chi connectivity index (χ4n) is 2.15. The Morgan fingerprint density at radius 3 is 3.06 bits per heavy atom. The first kappa shape index (κ1) is 13.2. The van der Waals surface area contributed by atoms with E-state index in [9.17, 15) is 9.18 Å². The number of carbonyl (C=O) groups excluding carboxylic acids is 1. The average molecular weight is 251 g/mol. The lowest BCUT2D eigenvalue weighted by molar-refractivity contribution is -0.0150. The van der Waals surface area contributed by atoms with Crippen molar-refractivity contribution in [2.45, 2.75) is 20.0 Å². The summed E-state index contributed by atoms with van der Waals surface area (Å²) in [6, 6.07) is 4.58. The Kier molecular flexibility index (Phi) is 4.09. The molecule has 0 saturated carbocycles. The number of ether oxygens (including phenoxy) is 1. The van der Waals surface area contributed by atoms with Gasteiger partial charge in [0, 0.05) is 13.1 Å². The molecule has 0 amide bonds. The fourth-order valence-corrected chi connectivity index (χ4v) is 2.15. The highest BCUT2D eigenvalue weighted by Crippen LogP contribution is 2.16. The zero-order valence-electron chi connectivity index (χ0n) is 10.8. The number of halogens is 1. The van der Waals surface area contributed by atoms with E-state index in [1.807, 2.05) is 13.8 Å². The van der Waals surface area contributed by atoms with Gasteiger partial charge in [0.05, 0.1) is 12.2 Å². The third-order valence-corrected chi connectivity index (χ3v) is 3.28. The van der Waals surface area contributed by atoms with E-state index in [0.717, 1.165) is 18.7 Å². The third-order valence-electron chi connectivity index (χ3n) is 3.28. The minimum atomic E-state index is -0.546. The van der Waals surface area contributed by atoms with Crippen molar-refractivity contribution in [3.8, 4) is 0 Å². The summed E-state index contributed by atoms with van der Waals surface area (Å²) in [7, 11) is 0. The number of ketones is 1. The molecule has 98 valence electrons. The summed E-state index contributed by atoms with van der Waals surface area (Å²) < 4.78 is 19.1. The van der Waals surface area contributed by atoms with Gasteiger partial charge in [-0.25, -0.2) is 4.39 Å². The topological polar surface area (TPSA) is 29.5 Å². The number of aryl methyl sites for hydroxylation is 1. The molecule has 0 spiro atoms. The molecule has 1 atom stereocenters. The maximum atomic E-state index is 13.7. The van der Waals surface area contributed by atoms with Crippen molar-refractivity contribution in [1.82, 2.24) is 4.90 Å². The molecule has 2 rings (SSSR count). The van der Waals surface area contributed by atoms with E-state index < -0.39 is 11.9 Å². The minimum absolute atomic E-state index is 0.137. The van der Waals surface area contributed by atoms with E-state index in [1.165, 1.54) is 6.07 Å². The van der Waals surface area contributed by atoms with Crippen molar-refractivity contribution < 1.29 is 13.9 Å². The van der Waals surface area contributed by atoms with Gasteiger partial charge in [-0.15, -0.1) is 0 Å². The van der Waals surface area contributed by atoms with Gasteiger partial charge in [-0.2, -0.15) is 0 Å². The predicted molar refractivity (Wildman–Crippen MR) is 67.3 cm³/mol. The number of carbonyl (C=O) groups is 1. The van der Waals surface area contributed by atoms with Crippen molar-refractivity contribution >= 4 is 5.78 Å². The van der Waals surface area contributed by atoms with Gasteiger partial charge in [0.25, 0.3) is 0 Å². The second-order valence-corrected chi connectivity index (χ2v) is 4.60. The lowest BCUT2D eigenvalue weighted by atomic mass is 10.0. The molecule has 0 aromatic heterocycles. The lowest BCUT2D eigenvalue weighted by Gasteiger charge is -2.31. The van der Waals surface area contributed by atoms with Crippen LogP contribution in [-0.2, 0) is 4.74 Å². The quantitative estimate of drug-likeness (QED) is 0.770. The van der Waals surface area contributed by atoms with Crippen LogP contribution in [0.2, 0.25) is 0 Å². The number of hydrogen-bond donors (Lipinski definition) is 0. The summed E-state index contributed by atoms with van der Waals surface area (Å²) in [5, 5.41) is 0. The Labute approximate surface area is 107 Å². The van der Waals surface area contributed by atoms with Crippen LogP contribution < -0.4 is 0 Å². The summed E-state index contributed by atoms with van der Waals surface area (Å²) in [5.41, 5.74) is 1.01. The van der Waals surface area contributed by atoms with Crippen LogP contribution in [0, 0.1) is 12.7 Å². The summed E-state index contributed by atoms with van der Waals surface area (Å²) in [5.74, 6) is -0.725. The van der Waals surface area contributed by atoms with Crippen LogP contribution in [-0.4, -0.2) is 43.0 Å². The van der Waals surface area contributed by atoms with Gasteiger partial charge in [0.2, 0.25) is 0 Å². The van der Waals surface area contributed by atoms with Crippen molar-refractivity contribution in [3.05, 3.63) is 35.1 Å². The first-order valence-electron chi connectivity index (χ1n) is 6.26. The van der Waals surface area contributed by atoms with Crippen molar-refractivity contribution in [2.75, 3.05) is 26.2 Å². The average Bonchev–Trinajstić information content (AvgIpc) is 2.41. The second-order valence-electron chi connectivity index (χ2n) is 4.60. The molecule has 1 unspecified atom stereocenters. The first-order chi connectivity index (χ1) is 8.61. The molecule has 1 aliphatic rings. The van der Waals surface area contributed by atoms with Crippen LogP contribution in [0.1, 0.15) is 22.8 Å². The lowest BCUT2D eigenvalue weighted by Crippen LogP contribution is -2.46. The summed E-state index contributed by atoms with van der Waals surface area (Å²) in [6.07, 6.45) is -0.546. The number of rotatable bonds is 3. The molecule has 1 saturated heterocycles. The molecule has 3 nitrogen and oxygen atoms in total. The van der Waals surface area contributed by atoms with E-state index in [2.05, 4.69) is 4.90 Å². The van der Waals surface area contributed by atoms with Gasteiger partial charge >= 0.3 is 0 Å². The summed E-state index contributed by atoms with van der Waals surface area (Å²) in [4.78, 5) is 14.4. The van der Waals surface area contributed by atoms with Crippen LogP contribution in [0.25, 0.3) is 0 Å². The Hall–Kier alpha value is -1.26. The molecule has 0 N–H and O–H groups in total. The van der Waals surface area contributed by atoms with Gasteiger partial charge in [-0.1, -0.05) is 18.6 Å². The van der Waals surface area contributed by atoms with E-state index in [4.69, 9.17) is 4.74 Å². The van der Waals surface area contributed by atoms with Crippen LogP contribution in [0.3, 0.4) is 0 Å². The standard InChI is InChI=1S/C14H18FNO2/c1-3-16-6-7-18-13(9-16)14(17)11-8-10(2)4-5-12(11)15/h4-5,8,13H,3,6-7,9H2,1-2H3. The second kappa shape index (κ2) is 5.59. The Morgan fingerprint density at radius 1 is 1.56 bits per heavy atom. The van der Waals surface area contributed by atoms with Gasteiger partial charge in [-0.05, 0) is 25.6 Å². The third kappa shape index (κ3) is 2.76. The number of nitrogens with zero attached hydrogens (tertiary/aromatic N) is 1. The molecular formula is C14H18FNO2. The Balaban J connectivity index is 2.17. The first-order valence-corrected chi connectivity index (χ1v) is 6.26. The molecule has 18 heavy (non-hydrogen) atoms. The van der Waals surface area contributed by atoms with Crippen LogP contribution >= 0.6 is 0 Å². The fraction of sp³-hybridized carbons (Fsp3) is 0.500. The van der Waals surface area contributed by atoms with E-state index in [0.29, 0.717) is 13.2 Å². The summed E-state index contributed by atoms with van der Waals surface area (Å²) >= 11 is 0. The predicted octanol–water partition coefficient (Wildman–Crippen LogP) is 2.04. The smallest absolute Gasteiger partial charge is 0.195 e. The highest BCUT2D eigenvalue weighted by molar-refractivity contribution is 6.00. The van der Waals surface area contributed by atoms with E-state index >= 15 is 0 Å². The molecular weight excluding hydrogens is 233 g/mol. The van der Waals surface area contributed by atoms with Crippen LogP contribution in [0.15, 0.2) is 18.2 Å². The largest absolute Gasteiger partial charge is 0.367 e. The number of benzene rings is 1. The molecule has 1 aromatic rings. The molecule has 1 heterocycles. The zero-order chi connectivity index (χ0) is 13.1. The number of likely N-dealkylation sites (N-methyl/N-ethyl adjacent to an activating group) is 1. The van der Waals surface area contributed by atoms with Crippen LogP contribution in [0.5, 0.6) is 0 Å². The highest BCUT2D eigenvalue weighted by atomic mass is 19.1. The maximum Gasteiger partial charge on any atom is 0.195 e. The number of morpholine rings is 1. The molecule has 1 fully saturated rings. The Bertz CT molecular complexity index is 447. The van der Waals surface area contributed by atoms with Gasteiger partial charge in [-0.3, -0.25) is 9.69 Å². The molecule has 1 aliphatic heterocycles. The normalized spacial score (nSPS) is 20.9. The molecule has 0 bridgehead atoms. The van der Waals surface area contributed by atoms with Crippen molar-refractivity contribution in [2.24, 2.45) is 0 Å². The molecule has 0 radical (unpaired) electrons. The Morgan fingerprint density at radius 2 is 2.33 bits per heavy atom. The van der Waals surface area contributed by atoms with Gasteiger partial charge in [0.15, 0.2) is 5.78 Å². The SMILES string of the molecule is CCN1CCOC(C(=O)c2cc(C)ccc2F)C1. The maximum absolute atomic E-state index is 13.7. The number of Topliss-reactive ketones (excluding diaryl/α,β-unsaturated/α-hetero) is 1. The molecule has 1 aromatic carbocycles. The molecule has 4 heteroatoms. The van der Waals surface area contributed by atoms with Crippen LogP contribution in [0.4, 0.5) is 4.39 Å². The van der Waals surface area contributed by atoms with E-state index in [-0.39, 0.29) is 11.3 Å². The van der Waals surface area contributed by atoms with Gasteiger partial charge < -0.3 is 4.74 Å². The monoisotopic (exact) mass is 251 g/mol. The number of hydrogen-bond acceptors (Lipinski definition) is 3. The zero-order valence-corrected chi connectivity index (χ0v) is 10.8. The summed E-state index contributed by atoms with van der Waals surface area (Å²) in [6.45, 7) is 6.66. The van der Waals surface area contributed by atoms with E-state index in [1.54, 1.807) is 12.1 Å². The van der Waals surface area contributed by atoms with Crippen molar-refractivity contribution in [3.63, 3.8) is 0 Å². The minimum Gasteiger partial charge on any atom is -0.367 e.